The molecule has 0 saturated heterocycles. The number of benzene rings is 1. The van der Waals surface area contributed by atoms with Gasteiger partial charge in [0.2, 0.25) is 0 Å². The maximum absolute atomic E-state index is 11.2. The van der Waals surface area contributed by atoms with Crippen LogP contribution in [-0.4, -0.2) is 16.1 Å². The molecule has 0 aliphatic rings. The molecular weight excluding hydrogens is 236 g/mol. The van der Waals surface area contributed by atoms with Crippen LogP contribution in [0.1, 0.15) is 28.7 Å². The lowest BCUT2D eigenvalue weighted by Crippen LogP contribution is -1.91. The van der Waals surface area contributed by atoms with E-state index in [1.165, 1.54) is 0 Å². The minimum atomic E-state index is 0.0757. The van der Waals surface area contributed by atoms with Crippen molar-refractivity contribution in [3.05, 3.63) is 41.2 Å². The number of aromatic nitrogens is 2. The van der Waals surface area contributed by atoms with E-state index >= 15 is 0 Å². The summed E-state index contributed by atoms with van der Waals surface area (Å²) in [6, 6.07) is 7.55. The van der Waals surface area contributed by atoms with Gasteiger partial charge >= 0.3 is 0 Å². The Balaban J connectivity index is 2.07. The largest absolute Gasteiger partial charge is 0.295 e. The van der Waals surface area contributed by atoms with Gasteiger partial charge in [-0.25, -0.2) is 4.63 Å². The Kier molecular flexibility index (Phi) is 3.58. The third-order valence-electron chi connectivity index (χ3n) is 2.36. The average molecular weight is 248 g/mol. The van der Waals surface area contributed by atoms with Crippen molar-refractivity contribution in [3.8, 4) is 0 Å². The first-order valence-electron chi connectivity index (χ1n) is 5.18. The molecule has 88 valence electrons. The van der Waals surface area contributed by atoms with Crippen LogP contribution >= 0.6 is 11.8 Å². The molecule has 1 aromatic carbocycles. The number of nitrogens with zero attached hydrogens (tertiary/aromatic N) is 2. The van der Waals surface area contributed by atoms with Crippen LogP contribution in [0.25, 0.3) is 0 Å². The molecular formula is C12H12N2O2S. The molecule has 0 aliphatic heterocycles. The number of hydrogen-bond donors (Lipinski definition) is 0. The minimum absolute atomic E-state index is 0.0757. The summed E-state index contributed by atoms with van der Waals surface area (Å²) in [5.41, 5.74) is 2.37. The van der Waals surface area contributed by atoms with Crippen molar-refractivity contribution in [2.45, 2.75) is 24.5 Å². The fourth-order valence-corrected chi connectivity index (χ4v) is 2.29. The second-order valence-electron chi connectivity index (χ2n) is 3.67. The second kappa shape index (κ2) is 5.14. The predicted molar refractivity (Wildman–Crippen MR) is 65.0 cm³/mol. The van der Waals surface area contributed by atoms with Gasteiger partial charge in [0.1, 0.15) is 11.4 Å². The van der Waals surface area contributed by atoms with Crippen molar-refractivity contribution in [3.63, 3.8) is 0 Å². The highest BCUT2D eigenvalue weighted by atomic mass is 32.2. The highest BCUT2D eigenvalue weighted by molar-refractivity contribution is 7.98. The van der Waals surface area contributed by atoms with Crippen LogP contribution in [0, 0.1) is 6.92 Å². The van der Waals surface area contributed by atoms with E-state index in [-0.39, 0.29) is 5.78 Å². The molecule has 0 saturated carbocycles. The summed E-state index contributed by atoms with van der Waals surface area (Å²) in [5.74, 6) is 0.767. The first-order chi connectivity index (χ1) is 8.16. The number of ketones is 1. The van der Waals surface area contributed by atoms with Gasteiger partial charge in [-0.1, -0.05) is 22.4 Å². The molecule has 2 rings (SSSR count). The Morgan fingerprint density at radius 3 is 2.88 bits per heavy atom. The molecule has 0 spiro atoms. The van der Waals surface area contributed by atoms with Crippen LogP contribution in [0.3, 0.4) is 0 Å². The van der Waals surface area contributed by atoms with E-state index in [2.05, 4.69) is 14.9 Å². The number of aryl methyl sites for hydroxylation is 1. The Hall–Kier alpha value is -1.62. The normalized spacial score (nSPS) is 10.5. The lowest BCUT2D eigenvalue weighted by atomic mass is 10.2. The fourth-order valence-electron chi connectivity index (χ4n) is 1.34. The van der Waals surface area contributed by atoms with E-state index in [1.54, 1.807) is 18.7 Å². The van der Waals surface area contributed by atoms with Crippen molar-refractivity contribution in [1.82, 2.24) is 10.3 Å². The Labute approximate surface area is 103 Å². The summed E-state index contributed by atoms with van der Waals surface area (Å²) in [5, 5.41) is 7.54. The topological polar surface area (TPSA) is 56.0 Å². The summed E-state index contributed by atoms with van der Waals surface area (Å²) in [7, 11) is 0. The van der Waals surface area contributed by atoms with E-state index in [1.807, 2.05) is 31.2 Å². The van der Waals surface area contributed by atoms with Crippen molar-refractivity contribution in [1.29, 1.82) is 0 Å². The van der Waals surface area contributed by atoms with Crippen LogP contribution in [0.15, 0.2) is 33.8 Å². The van der Waals surface area contributed by atoms with Gasteiger partial charge in [-0.3, -0.25) is 4.79 Å². The molecule has 0 fully saturated rings. The lowest BCUT2D eigenvalue weighted by molar-refractivity contribution is 0.101. The van der Waals surface area contributed by atoms with E-state index < -0.39 is 0 Å². The van der Waals surface area contributed by atoms with Crippen molar-refractivity contribution in [2.24, 2.45) is 0 Å². The standard InChI is InChI=1S/C12H12N2O2S/c1-8-12(14-16-13-8)7-17-11-5-3-4-10(6-11)9(2)15/h3-6H,7H2,1-2H3. The molecule has 0 unspecified atom stereocenters. The van der Waals surface area contributed by atoms with Gasteiger partial charge < -0.3 is 0 Å². The first-order valence-corrected chi connectivity index (χ1v) is 6.17. The van der Waals surface area contributed by atoms with E-state index in [4.69, 9.17) is 0 Å². The summed E-state index contributed by atoms with van der Waals surface area (Å²) in [6.45, 7) is 3.42. The molecule has 4 nitrogen and oxygen atoms in total. The van der Waals surface area contributed by atoms with Crippen LogP contribution in [0.5, 0.6) is 0 Å². The molecule has 17 heavy (non-hydrogen) atoms. The number of thioether (sulfide) groups is 1. The van der Waals surface area contributed by atoms with Crippen LogP contribution in [0.4, 0.5) is 0 Å². The van der Waals surface area contributed by atoms with Crippen LogP contribution in [-0.2, 0) is 5.75 Å². The van der Waals surface area contributed by atoms with E-state index in [0.717, 1.165) is 21.8 Å². The Morgan fingerprint density at radius 2 is 2.24 bits per heavy atom. The van der Waals surface area contributed by atoms with Gasteiger partial charge in [0.15, 0.2) is 5.78 Å². The van der Waals surface area contributed by atoms with Gasteiger partial charge in [-0.15, -0.1) is 11.8 Å². The van der Waals surface area contributed by atoms with Gasteiger partial charge in [-0.2, -0.15) is 0 Å². The second-order valence-corrected chi connectivity index (χ2v) is 4.72. The number of rotatable bonds is 4. The summed E-state index contributed by atoms with van der Waals surface area (Å²) in [4.78, 5) is 12.3. The number of hydrogen-bond acceptors (Lipinski definition) is 5. The summed E-state index contributed by atoms with van der Waals surface area (Å²) in [6.07, 6.45) is 0. The molecule has 0 atom stereocenters. The van der Waals surface area contributed by atoms with Gasteiger partial charge in [0, 0.05) is 16.2 Å². The third kappa shape index (κ3) is 2.94. The van der Waals surface area contributed by atoms with E-state index in [0.29, 0.717) is 5.75 Å². The molecule has 1 heterocycles. The highest BCUT2D eigenvalue weighted by Crippen LogP contribution is 2.23. The highest BCUT2D eigenvalue weighted by Gasteiger charge is 2.06. The summed E-state index contributed by atoms with van der Waals surface area (Å²) >= 11 is 1.61. The number of carbonyl (C=O) groups excluding carboxylic acids is 1. The molecule has 0 aliphatic carbocycles. The van der Waals surface area contributed by atoms with Crippen molar-refractivity contribution >= 4 is 17.5 Å². The molecule has 5 heteroatoms. The van der Waals surface area contributed by atoms with Crippen molar-refractivity contribution < 1.29 is 9.42 Å². The van der Waals surface area contributed by atoms with Gasteiger partial charge in [0.25, 0.3) is 0 Å². The zero-order chi connectivity index (χ0) is 12.3. The average Bonchev–Trinajstić information content (AvgIpc) is 2.72. The van der Waals surface area contributed by atoms with E-state index in [9.17, 15) is 4.79 Å². The molecule has 1 aromatic heterocycles. The smallest absolute Gasteiger partial charge is 0.159 e. The predicted octanol–water partition coefficient (Wildman–Crippen LogP) is 2.87. The number of Topliss-reactive ketones (excluding diaryl/α,β-unsaturated/α-hetero) is 1. The number of carbonyl (C=O) groups is 1. The monoisotopic (exact) mass is 248 g/mol. The SMILES string of the molecule is CC(=O)c1cccc(SCc2nonc2C)c1. The fraction of sp³-hybridized carbons (Fsp3) is 0.250. The Bertz CT molecular complexity index is 537. The zero-order valence-electron chi connectivity index (χ0n) is 9.64. The third-order valence-corrected chi connectivity index (χ3v) is 3.37. The van der Waals surface area contributed by atoms with Gasteiger partial charge in [0.05, 0.1) is 0 Å². The molecule has 0 N–H and O–H groups in total. The lowest BCUT2D eigenvalue weighted by Gasteiger charge is -2.01. The maximum atomic E-state index is 11.2. The van der Waals surface area contributed by atoms with Crippen LogP contribution < -0.4 is 0 Å². The molecule has 0 amide bonds. The van der Waals surface area contributed by atoms with Crippen LogP contribution in [0.2, 0.25) is 0 Å². The Morgan fingerprint density at radius 1 is 1.41 bits per heavy atom. The molecule has 0 radical (unpaired) electrons. The maximum Gasteiger partial charge on any atom is 0.159 e. The first kappa shape index (κ1) is 11.9. The molecule has 2 aromatic rings. The zero-order valence-corrected chi connectivity index (χ0v) is 10.5. The quantitative estimate of drug-likeness (QED) is 0.615. The van der Waals surface area contributed by atoms with Crippen molar-refractivity contribution in [2.75, 3.05) is 0 Å². The minimum Gasteiger partial charge on any atom is -0.295 e. The summed E-state index contributed by atoms with van der Waals surface area (Å²) < 4.78 is 4.63. The molecule has 0 bridgehead atoms. The van der Waals surface area contributed by atoms with Gasteiger partial charge in [-0.05, 0) is 26.0 Å².